The van der Waals surface area contributed by atoms with E-state index in [4.69, 9.17) is 14.2 Å². The summed E-state index contributed by atoms with van der Waals surface area (Å²) in [6.07, 6.45) is 0.902. The highest BCUT2D eigenvalue weighted by Crippen LogP contribution is 2.52. The van der Waals surface area contributed by atoms with Gasteiger partial charge in [0.25, 0.3) is 0 Å². The zero-order valence-electron chi connectivity index (χ0n) is 21.8. The summed E-state index contributed by atoms with van der Waals surface area (Å²) in [7, 11) is 1.70. The summed E-state index contributed by atoms with van der Waals surface area (Å²) in [5, 5.41) is 0. The van der Waals surface area contributed by atoms with Crippen molar-refractivity contribution in [2.24, 2.45) is 0 Å². The molecule has 0 fully saturated rings. The molecule has 2 atom stereocenters. The molecule has 0 aliphatic carbocycles. The molecule has 35 heavy (non-hydrogen) atoms. The molecule has 0 bridgehead atoms. The summed E-state index contributed by atoms with van der Waals surface area (Å²) in [6.45, 7) is 12.4. The molecule has 4 nitrogen and oxygen atoms in total. The van der Waals surface area contributed by atoms with Gasteiger partial charge >= 0.3 is 0 Å². The number of nitrogens with zero attached hydrogens (tertiary/aromatic N) is 1. The maximum Gasteiger partial charge on any atom is 0.127 e. The molecule has 1 aliphatic rings. The molecule has 0 spiro atoms. The van der Waals surface area contributed by atoms with Crippen LogP contribution >= 0.6 is 0 Å². The van der Waals surface area contributed by atoms with Crippen LogP contribution in [0.25, 0.3) is 0 Å². The van der Waals surface area contributed by atoms with Crippen LogP contribution in [0.4, 0.5) is 0 Å². The van der Waals surface area contributed by atoms with Crippen LogP contribution in [-0.2, 0) is 0 Å². The number of fused-ring (bicyclic) bond motifs is 1. The van der Waals surface area contributed by atoms with Crippen molar-refractivity contribution in [2.45, 2.75) is 51.6 Å². The van der Waals surface area contributed by atoms with Crippen LogP contribution in [0.3, 0.4) is 0 Å². The first-order valence-electron chi connectivity index (χ1n) is 12.8. The van der Waals surface area contributed by atoms with E-state index in [0.29, 0.717) is 6.61 Å². The molecule has 3 aromatic rings. The van der Waals surface area contributed by atoms with Crippen molar-refractivity contribution in [3.05, 3.63) is 89.5 Å². The van der Waals surface area contributed by atoms with Crippen LogP contribution in [0.15, 0.2) is 72.8 Å². The van der Waals surface area contributed by atoms with Crippen molar-refractivity contribution in [3.8, 4) is 17.2 Å². The van der Waals surface area contributed by atoms with Gasteiger partial charge in [0.2, 0.25) is 0 Å². The Morgan fingerprint density at radius 2 is 1.69 bits per heavy atom. The lowest BCUT2D eigenvalue weighted by Gasteiger charge is -2.41. The Hall–Kier alpha value is -2.98. The van der Waals surface area contributed by atoms with Gasteiger partial charge in [0.05, 0.1) is 7.11 Å². The molecule has 0 N–H and O–H groups in total. The van der Waals surface area contributed by atoms with Gasteiger partial charge in [0.1, 0.15) is 29.5 Å². The summed E-state index contributed by atoms with van der Waals surface area (Å²) < 4.78 is 18.4. The van der Waals surface area contributed by atoms with Crippen LogP contribution in [0.2, 0.25) is 0 Å². The molecule has 1 aliphatic heterocycles. The average Bonchev–Trinajstić information content (AvgIpc) is 2.87. The first-order valence-corrected chi connectivity index (χ1v) is 12.8. The average molecular weight is 474 g/mol. The molecule has 2 unspecified atom stereocenters. The molecule has 0 amide bonds. The summed E-state index contributed by atoms with van der Waals surface area (Å²) in [6, 6.07) is 25.6. The van der Waals surface area contributed by atoms with Crippen LogP contribution in [0.1, 0.15) is 62.6 Å². The minimum atomic E-state index is -0.296. The monoisotopic (exact) mass is 473 g/mol. The molecule has 4 heteroatoms. The molecule has 0 radical (unpaired) electrons. The quantitative estimate of drug-likeness (QED) is 0.321. The van der Waals surface area contributed by atoms with E-state index in [1.807, 2.05) is 12.1 Å². The second-order valence-corrected chi connectivity index (χ2v) is 9.88. The normalized spacial score (nSPS) is 17.4. The maximum atomic E-state index is 6.45. The van der Waals surface area contributed by atoms with Crippen molar-refractivity contribution in [3.63, 3.8) is 0 Å². The lowest BCUT2D eigenvalue weighted by Crippen LogP contribution is -2.37. The van der Waals surface area contributed by atoms with Gasteiger partial charge < -0.3 is 19.1 Å². The van der Waals surface area contributed by atoms with Crippen molar-refractivity contribution in [1.29, 1.82) is 0 Å². The van der Waals surface area contributed by atoms with E-state index in [1.165, 1.54) is 16.7 Å². The van der Waals surface area contributed by atoms with Gasteiger partial charge in [-0.25, -0.2) is 0 Å². The number of hydrogen-bond acceptors (Lipinski definition) is 4. The molecular weight excluding hydrogens is 434 g/mol. The number of methoxy groups -OCH3 is 1. The van der Waals surface area contributed by atoms with Gasteiger partial charge in [-0.2, -0.15) is 0 Å². The minimum absolute atomic E-state index is 0.135. The van der Waals surface area contributed by atoms with Gasteiger partial charge in [-0.3, -0.25) is 0 Å². The van der Waals surface area contributed by atoms with Crippen LogP contribution in [0, 0.1) is 0 Å². The van der Waals surface area contributed by atoms with E-state index < -0.39 is 0 Å². The van der Waals surface area contributed by atoms with Gasteiger partial charge in [0.15, 0.2) is 0 Å². The Balaban J connectivity index is 1.77. The van der Waals surface area contributed by atoms with Crippen molar-refractivity contribution in [2.75, 3.05) is 33.4 Å². The highest BCUT2D eigenvalue weighted by molar-refractivity contribution is 5.51. The fourth-order valence-electron chi connectivity index (χ4n) is 5.30. The van der Waals surface area contributed by atoms with Crippen LogP contribution in [-0.4, -0.2) is 43.9 Å². The minimum Gasteiger partial charge on any atom is -0.497 e. The molecule has 186 valence electrons. The number of ether oxygens (including phenoxy) is 3. The smallest absolute Gasteiger partial charge is 0.127 e. The first-order chi connectivity index (χ1) is 17.0. The molecular formula is C31H39NO3. The zero-order valence-corrected chi connectivity index (χ0v) is 21.8. The predicted octanol–water partition coefficient (Wildman–Crippen LogP) is 6.89. The second-order valence-electron chi connectivity index (χ2n) is 9.88. The Morgan fingerprint density at radius 3 is 2.40 bits per heavy atom. The lowest BCUT2D eigenvalue weighted by atomic mass is 9.71. The Labute approximate surface area is 210 Å². The van der Waals surface area contributed by atoms with E-state index in [9.17, 15) is 0 Å². The highest BCUT2D eigenvalue weighted by Gasteiger charge is 2.40. The molecule has 0 saturated heterocycles. The Bertz CT molecular complexity index is 1090. The SMILES string of the molecule is CCN(CC)CCOc1ccccc1C(c1ccccc1)C1CC(C)(C)Oc2cc(OC)ccc21. The number of likely N-dealkylation sites (N-methyl/N-ethyl adjacent to an activating group) is 1. The largest absolute Gasteiger partial charge is 0.497 e. The molecule has 0 aromatic heterocycles. The zero-order chi connectivity index (χ0) is 24.8. The predicted molar refractivity (Wildman–Crippen MR) is 143 cm³/mol. The summed E-state index contributed by atoms with van der Waals surface area (Å²) in [5.41, 5.74) is 3.44. The van der Waals surface area contributed by atoms with E-state index >= 15 is 0 Å². The third-order valence-corrected chi connectivity index (χ3v) is 7.09. The summed E-state index contributed by atoms with van der Waals surface area (Å²) >= 11 is 0. The topological polar surface area (TPSA) is 30.9 Å². The summed E-state index contributed by atoms with van der Waals surface area (Å²) in [5.74, 6) is 3.06. The molecule has 0 saturated carbocycles. The van der Waals surface area contributed by atoms with E-state index in [2.05, 4.69) is 93.3 Å². The van der Waals surface area contributed by atoms with Crippen LogP contribution < -0.4 is 14.2 Å². The fraction of sp³-hybridized carbons (Fsp3) is 0.419. The van der Waals surface area contributed by atoms with E-state index in [-0.39, 0.29) is 17.4 Å². The number of para-hydroxylation sites is 1. The van der Waals surface area contributed by atoms with Crippen molar-refractivity contribution < 1.29 is 14.2 Å². The number of rotatable bonds is 10. The van der Waals surface area contributed by atoms with Gasteiger partial charge in [-0.15, -0.1) is 0 Å². The fourth-order valence-corrected chi connectivity index (χ4v) is 5.30. The first kappa shape index (κ1) is 25.1. The molecule has 3 aromatic carbocycles. The van der Waals surface area contributed by atoms with Crippen molar-refractivity contribution in [1.82, 2.24) is 4.90 Å². The van der Waals surface area contributed by atoms with E-state index in [0.717, 1.165) is 43.3 Å². The Morgan fingerprint density at radius 1 is 0.971 bits per heavy atom. The molecule has 1 heterocycles. The number of benzene rings is 3. The van der Waals surface area contributed by atoms with Crippen molar-refractivity contribution >= 4 is 0 Å². The maximum absolute atomic E-state index is 6.45. The molecule has 4 rings (SSSR count). The number of hydrogen-bond donors (Lipinski definition) is 0. The van der Waals surface area contributed by atoms with Crippen LogP contribution in [0.5, 0.6) is 17.2 Å². The standard InChI is InChI=1S/C31H39NO3/c1-6-32(7-2)19-20-34-28-16-12-11-15-26(28)30(23-13-9-8-10-14-23)27-22-31(3,4)35-29-21-24(33-5)17-18-25(27)29/h8-18,21,27,30H,6-7,19-20,22H2,1-5H3. The highest BCUT2D eigenvalue weighted by atomic mass is 16.5. The van der Waals surface area contributed by atoms with Gasteiger partial charge in [-0.1, -0.05) is 68.4 Å². The van der Waals surface area contributed by atoms with Gasteiger partial charge in [-0.05, 0) is 56.6 Å². The third kappa shape index (κ3) is 5.82. The second kappa shape index (κ2) is 11.2. The summed E-state index contributed by atoms with van der Waals surface area (Å²) in [4.78, 5) is 2.39. The van der Waals surface area contributed by atoms with E-state index in [1.54, 1.807) is 7.11 Å². The third-order valence-electron chi connectivity index (χ3n) is 7.09. The van der Waals surface area contributed by atoms with Gasteiger partial charge in [0, 0.05) is 30.0 Å². The Kier molecular flexibility index (Phi) is 8.02. The lowest BCUT2D eigenvalue weighted by molar-refractivity contribution is 0.0687.